The lowest BCUT2D eigenvalue weighted by Gasteiger charge is -2.36. The van der Waals surface area contributed by atoms with Crippen molar-refractivity contribution in [3.05, 3.63) is 35.1 Å². The standard InChI is InChI=1S/C20H25F4N3O2S/c1-13(19(29)27-6-7-30-12-27)26-4-2-14(3-5-26)11-25-18(28)15-8-16(20(22,23)24)10-17(21)9-15/h8-10,13-14H,2-7,11-12H2,1H3,(H,25,28). The number of halogens is 4. The van der Waals surface area contributed by atoms with Gasteiger partial charge in [-0.05, 0) is 57.0 Å². The Morgan fingerprint density at radius 3 is 2.50 bits per heavy atom. The molecule has 2 amide bonds. The highest BCUT2D eigenvalue weighted by atomic mass is 32.2. The summed E-state index contributed by atoms with van der Waals surface area (Å²) in [5, 5.41) is 2.62. The van der Waals surface area contributed by atoms with Crippen molar-refractivity contribution in [1.29, 1.82) is 0 Å². The molecule has 0 saturated carbocycles. The van der Waals surface area contributed by atoms with Crippen LogP contribution in [0.5, 0.6) is 0 Å². The van der Waals surface area contributed by atoms with E-state index in [0.717, 1.165) is 37.1 Å². The Labute approximate surface area is 177 Å². The molecule has 0 bridgehead atoms. The van der Waals surface area contributed by atoms with Gasteiger partial charge in [-0.15, -0.1) is 11.8 Å². The van der Waals surface area contributed by atoms with Gasteiger partial charge in [-0.1, -0.05) is 0 Å². The molecule has 1 aromatic rings. The van der Waals surface area contributed by atoms with Crippen molar-refractivity contribution in [1.82, 2.24) is 15.1 Å². The fourth-order valence-electron chi connectivity index (χ4n) is 3.78. The summed E-state index contributed by atoms with van der Waals surface area (Å²) in [7, 11) is 0. The highest BCUT2D eigenvalue weighted by molar-refractivity contribution is 7.99. The average Bonchev–Trinajstić information content (AvgIpc) is 3.25. The lowest BCUT2D eigenvalue weighted by atomic mass is 9.95. The first kappa shape index (κ1) is 22.9. The van der Waals surface area contributed by atoms with Gasteiger partial charge in [0, 0.05) is 24.4 Å². The Morgan fingerprint density at radius 2 is 1.90 bits per heavy atom. The average molecular weight is 447 g/mol. The van der Waals surface area contributed by atoms with E-state index in [4.69, 9.17) is 0 Å². The van der Waals surface area contributed by atoms with E-state index in [0.29, 0.717) is 31.8 Å². The number of amides is 2. The maximum absolute atomic E-state index is 13.5. The summed E-state index contributed by atoms with van der Waals surface area (Å²) in [6.45, 7) is 4.43. The van der Waals surface area contributed by atoms with Gasteiger partial charge in [0.15, 0.2) is 0 Å². The number of thioether (sulfide) groups is 1. The smallest absolute Gasteiger partial charge is 0.352 e. The first-order chi connectivity index (χ1) is 14.1. The van der Waals surface area contributed by atoms with Gasteiger partial charge < -0.3 is 10.2 Å². The zero-order valence-electron chi connectivity index (χ0n) is 16.7. The van der Waals surface area contributed by atoms with E-state index in [1.54, 1.807) is 11.8 Å². The Bertz CT molecular complexity index is 776. The Kier molecular flexibility index (Phi) is 7.28. The van der Waals surface area contributed by atoms with E-state index in [2.05, 4.69) is 10.2 Å². The first-order valence-corrected chi connectivity index (χ1v) is 11.1. The summed E-state index contributed by atoms with van der Waals surface area (Å²) in [5.74, 6) is 0.178. The van der Waals surface area contributed by atoms with Crippen LogP contribution >= 0.6 is 11.8 Å². The molecule has 0 aliphatic carbocycles. The molecule has 166 valence electrons. The van der Waals surface area contributed by atoms with Crippen LogP contribution in [-0.4, -0.2) is 65.5 Å². The quantitative estimate of drug-likeness (QED) is 0.705. The number of benzene rings is 1. The predicted molar refractivity (Wildman–Crippen MR) is 107 cm³/mol. The zero-order valence-corrected chi connectivity index (χ0v) is 17.5. The van der Waals surface area contributed by atoms with Crippen LogP contribution in [0.1, 0.15) is 35.7 Å². The van der Waals surface area contributed by atoms with Crippen LogP contribution in [-0.2, 0) is 11.0 Å². The molecule has 1 N–H and O–H groups in total. The summed E-state index contributed by atoms with van der Waals surface area (Å²) in [4.78, 5) is 28.7. The van der Waals surface area contributed by atoms with Gasteiger partial charge >= 0.3 is 6.18 Å². The highest BCUT2D eigenvalue weighted by Gasteiger charge is 2.33. The molecular formula is C20H25F4N3O2S. The van der Waals surface area contributed by atoms with Crippen LogP contribution in [0, 0.1) is 11.7 Å². The third-order valence-electron chi connectivity index (χ3n) is 5.66. The van der Waals surface area contributed by atoms with Gasteiger partial charge in [-0.3, -0.25) is 14.5 Å². The molecule has 10 heteroatoms. The molecule has 1 atom stereocenters. The highest BCUT2D eigenvalue weighted by Crippen LogP contribution is 2.30. The van der Waals surface area contributed by atoms with Crippen molar-refractivity contribution >= 4 is 23.6 Å². The van der Waals surface area contributed by atoms with E-state index in [9.17, 15) is 27.2 Å². The molecule has 2 fully saturated rings. The number of rotatable bonds is 5. The van der Waals surface area contributed by atoms with Gasteiger partial charge in [-0.25, -0.2) is 4.39 Å². The number of hydrogen-bond donors (Lipinski definition) is 1. The summed E-state index contributed by atoms with van der Waals surface area (Å²) in [6, 6.07) is 1.64. The van der Waals surface area contributed by atoms with Gasteiger partial charge in [0.1, 0.15) is 5.82 Å². The fraction of sp³-hybridized carbons (Fsp3) is 0.600. The zero-order chi connectivity index (χ0) is 21.9. The summed E-state index contributed by atoms with van der Waals surface area (Å²) in [6.07, 6.45) is -3.18. The molecule has 0 radical (unpaired) electrons. The third kappa shape index (κ3) is 5.66. The number of nitrogens with one attached hydrogen (secondary N) is 1. The number of piperidine rings is 1. The molecule has 0 spiro atoms. The number of likely N-dealkylation sites (tertiary alicyclic amines) is 1. The van der Waals surface area contributed by atoms with Crippen molar-refractivity contribution < 1.29 is 27.2 Å². The first-order valence-electron chi connectivity index (χ1n) is 9.91. The van der Waals surface area contributed by atoms with E-state index in [-0.39, 0.29) is 23.4 Å². The molecule has 1 unspecified atom stereocenters. The minimum Gasteiger partial charge on any atom is -0.352 e. The predicted octanol–water partition coefficient (Wildman–Crippen LogP) is 3.21. The van der Waals surface area contributed by atoms with E-state index in [1.165, 1.54) is 0 Å². The SMILES string of the molecule is CC(C(=O)N1CCSC1)N1CCC(CNC(=O)c2cc(F)cc(C(F)(F)F)c2)CC1. The normalized spacial score (nSPS) is 19.7. The van der Waals surface area contributed by atoms with Crippen LogP contribution in [0.3, 0.4) is 0 Å². The molecule has 2 aliphatic heterocycles. The lowest BCUT2D eigenvalue weighted by molar-refractivity contribution is -0.138. The van der Waals surface area contributed by atoms with Crippen LogP contribution in [0.15, 0.2) is 18.2 Å². The number of alkyl halides is 3. The van der Waals surface area contributed by atoms with E-state index < -0.39 is 23.5 Å². The van der Waals surface area contributed by atoms with Crippen molar-refractivity contribution in [3.8, 4) is 0 Å². The second-order valence-corrected chi connectivity index (χ2v) is 8.81. The van der Waals surface area contributed by atoms with Crippen molar-refractivity contribution in [2.24, 2.45) is 5.92 Å². The van der Waals surface area contributed by atoms with Gasteiger partial charge in [0.25, 0.3) is 5.91 Å². The summed E-state index contributed by atoms with van der Waals surface area (Å²) >= 11 is 1.75. The van der Waals surface area contributed by atoms with Crippen LogP contribution in [0.4, 0.5) is 17.6 Å². The lowest BCUT2D eigenvalue weighted by Crippen LogP contribution is -2.49. The summed E-state index contributed by atoms with van der Waals surface area (Å²) in [5.41, 5.74) is -1.53. The molecule has 0 aromatic heterocycles. The Hall–Kier alpha value is -1.81. The maximum atomic E-state index is 13.5. The van der Waals surface area contributed by atoms with Crippen molar-refractivity contribution in [2.45, 2.75) is 32.0 Å². The number of nitrogens with zero attached hydrogens (tertiary/aromatic N) is 2. The van der Waals surface area contributed by atoms with Crippen LogP contribution in [0.25, 0.3) is 0 Å². The second-order valence-electron chi connectivity index (χ2n) is 7.73. The van der Waals surface area contributed by atoms with E-state index >= 15 is 0 Å². The van der Waals surface area contributed by atoms with E-state index in [1.807, 2.05) is 11.8 Å². The monoisotopic (exact) mass is 447 g/mol. The Balaban J connectivity index is 1.48. The van der Waals surface area contributed by atoms with Gasteiger partial charge in [0.2, 0.25) is 5.91 Å². The molecule has 5 nitrogen and oxygen atoms in total. The summed E-state index contributed by atoms with van der Waals surface area (Å²) < 4.78 is 51.9. The Morgan fingerprint density at radius 1 is 1.20 bits per heavy atom. The van der Waals surface area contributed by atoms with Gasteiger partial charge in [0.05, 0.1) is 17.5 Å². The molecule has 2 saturated heterocycles. The number of carbonyl (C=O) groups is 2. The molecule has 30 heavy (non-hydrogen) atoms. The molecule has 3 rings (SSSR count). The second kappa shape index (κ2) is 9.55. The van der Waals surface area contributed by atoms with Crippen molar-refractivity contribution in [3.63, 3.8) is 0 Å². The number of hydrogen-bond acceptors (Lipinski definition) is 4. The van der Waals surface area contributed by atoms with Crippen LogP contribution < -0.4 is 5.32 Å². The molecule has 2 heterocycles. The third-order valence-corrected chi connectivity index (χ3v) is 6.62. The van der Waals surface area contributed by atoms with Crippen molar-refractivity contribution in [2.75, 3.05) is 37.8 Å². The molecular weight excluding hydrogens is 422 g/mol. The maximum Gasteiger partial charge on any atom is 0.416 e. The fourth-order valence-corrected chi connectivity index (χ4v) is 4.73. The topological polar surface area (TPSA) is 52.7 Å². The molecule has 1 aromatic carbocycles. The minimum absolute atomic E-state index is 0.137. The minimum atomic E-state index is -4.72. The largest absolute Gasteiger partial charge is 0.416 e. The molecule has 2 aliphatic rings. The number of carbonyl (C=O) groups excluding carboxylic acids is 2. The van der Waals surface area contributed by atoms with Gasteiger partial charge in [-0.2, -0.15) is 13.2 Å². The van der Waals surface area contributed by atoms with Crippen LogP contribution in [0.2, 0.25) is 0 Å².